The molecule has 2 aliphatic heterocycles. The molecule has 2 heterocycles. The summed E-state index contributed by atoms with van der Waals surface area (Å²) in [7, 11) is 0. The Kier molecular flexibility index (Phi) is 6.92. The van der Waals surface area contributed by atoms with Crippen LogP contribution < -0.4 is 4.74 Å². The summed E-state index contributed by atoms with van der Waals surface area (Å²) in [6, 6.07) is 8.63. The Balaban J connectivity index is 1.08. The van der Waals surface area contributed by atoms with Gasteiger partial charge in [0.25, 0.3) is 0 Å². The van der Waals surface area contributed by atoms with Crippen LogP contribution in [0.3, 0.4) is 0 Å². The van der Waals surface area contributed by atoms with Gasteiger partial charge in [-0.25, -0.2) is 0 Å². The quantitative estimate of drug-likeness (QED) is 0.567. The topological polar surface area (TPSA) is 24.9 Å². The molecule has 4 rings (SSSR count). The summed E-state index contributed by atoms with van der Waals surface area (Å²) in [5.41, 5.74) is 1.39. The van der Waals surface area contributed by atoms with Crippen LogP contribution in [0.25, 0.3) is 0 Å². The standard InChI is InChI=1S/C24H38N2O2/c1-19(2)28-21-9-7-20(8-10-21)15-26-16-22-23(17-26)24(22)18-27-14-6-13-25-11-4-3-5-12-25/h7-10,19,22-24H,3-6,11-18H2,1-2H3/t22-,23+,24?. The van der Waals surface area contributed by atoms with E-state index < -0.39 is 0 Å². The van der Waals surface area contributed by atoms with E-state index in [4.69, 9.17) is 9.47 Å². The van der Waals surface area contributed by atoms with Crippen LogP contribution in [-0.4, -0.2) is 61.8 Å². The summed E-state index contributed by atoms with van der Waals surface area (Å²) in [5, 5.41) is 0. The summed E-state index contributed by atoms with van der Waals surface area (Å²) < 4.78 is 11.8. The molecule has 0 aromatic heterocycles. The largest absolute Gasteiger partial charge is 0.491 e. The number of benzene rings is 1. The fourth-order valence-corrected chi connectivity index (χ4v) is 5.11. The molecule has 2 saturated heterocycles. The highest BCUT2D eigenvalue weighted by atomic mass is 16.5. The average Bonchev–Trinajstić information content (AvgIpc) is 3.14. The average molecular weight is 387 g/mol. The van der Waals surface area contributed by atoms with Crippen molar-refractivity contribution in [3.05, 3.63) is 29.8 Å². The molecule has 0 amide bonds. The molecule has 3 atom stereocenters. The highest BCUT2D eigenvalue weighted by Crippen LogP contribution is 2.52. The number of hydrogen-bond donors (Lipinski definition) is 0. The van der Waals surface area contributed by atoms with Crippen LogP contribution in [0.15, 0.2) is 24.3 Å². The Bertz CT molecular complexity index is 585. The highest BCUT2D eigenvalue weighted by Gasteiger charge is 2.55. The molecule has 1 aliphatic carbocycles. The third kappa shape index (κ3) is 5.49. The Morgan fingerprint density at radius 1 is 0.964 bits per heavy atom. The Morgan fingerprint density at radius 3 is 2.36 bits per heavy atom. The van der Waals surface area contributed by atoms with Gasteiger partial charge in [-0.15, -0.1) is 0 Å². The Hall–Kier alpha value is -1.10. The lowest BCUT2D eigenvalue weighted by Gasteiger charge is -2.26. The minimum Gasteiger partial charge on any atom is -0.491 e. The maximum absolute atomic E-state index is 6.02. The number of rotatable bonds is 10. The van der Waals surface area contributed by atoms with Gasteiger partial charge < -0.3 is 14.4 Å². The second-order valence-electron chi connectivity index (χ2n) is 9.33. The van der Waals surface area contributed by atoms with Crippen LogP contribution in [0.1, 0.15) is 45.1 Å². The molecular formula is C24H38N2O2. The van der Waals surface area contributed by atoms with E-state index in [-0.39, 0.29) is 6.10 Å². The molecular weight excluding hydrogens is 348 g/mol. The fraction of sp³-hybridized carbons (Fsp3) is 0.750. The van der Waals surface area contributed by atoms with Crippen LogP contribution in [0.4, 0.5) is 0 Å². The summed E-state index contributed by atoms with van der Waals surface area (Å²) in [6.07, 6.45) is 5.63. The van der Waals surface area contributed by atoms with Gasteiger partial charge in [0.05, 0.1) is 12.7 Å². The monoisotopic (exact) mass is 386 g/mol. The van der Waals surface area contributed by atoms with Gasteiger partial charge in [-0.3, -0.25) is 4.90 Å². The van der Waals surface area contributed by atoms with Crippen LogP contribution in [-0.2, 0) is 11.3 Å². The van der Waals surface area contributed by atoms with E-state index in [0.29, 0.717) is 0 Å². The summed E-state index contributed by atoms with van der Waals surface area (Å²) in [5.74, 6) is 3.56. The van der Waals surface area contributed by atoms with Gasteiger partial charge in [0, 0.05) is 32.8 Å². The van der Waals surface area contributed by atoms with E-state index in [1.807, 2.05) is 0 Å². The van der Waals surface area contributed by atoms with Crippen molar-refractivity contribution in [3.8, 4) is 5.75 Å². The third-order valence-corrected chi connectivity index (χ3v) is 6.67. The maximum atomic E-state index is 6.02. The van der Waals surface area contributed by atoms with Gasteiger partial charge in [0.15, 0.2) is 0 Å². The third-order valence-electron chi connectivity index (χ3n) is 6.67. The number of nitrogens with zero attached hydrogens (tertiary/aromatic N) is 2. The van der Waals surface area contributed by atoms with Crippen LogP contribution in [0.5, 0.6) is 5.75 Å². The molecule has 1 aromatic carbocycles. The van der Waals surface area contributed by atoms with Crippen molar-refractivity contribution < 1.29 is 9.47 Å². The lowest BCUT2D eigenvalue weighted by atomic mass is 10.1. The molecule has 4 heteroatoms. The lowest BCUT2D eigenvalue weighted by molar-refractivity contribution is 0.0967. The zero-order valence-corrected chi connectivity index (χ0v) is 17.8. The van der Waals surface area contributed by atoms with Crippen molar-refractivity contribution in [3.63, 3.8) is 0 Å². The molecule has 1 aromatic rings. The van der Waals surface area contributed by atoms with Crippen LogP contribution >= 0.6 is 0 Å². The SMILES string of the molecule is CC(C)Oc1ccc(CN2C[C@@H]3C(COCCCN4CCCCC4)[C@@H]3C2)cc1. The van der Waals surface area contributed by atoms with E-state index in [0.717, 1.165) is 43.3 Å². The summed E-state index contributed by atoms with van der Waals surface area (Å²) in [4.78, 5) is 5.22. The lowest BCUT2D eigenvalue weighted by Crippen LogP contribution is -2.31. The minimum absolute atomic E-state index is 0.237. The molecule has 0 N–H and O–H groups in total. The Morgan fingerprint density at radius 2 is 1.68 bits per heavy atom. The first-order valence-corrected chi connectivity index (χ1v) is 11.5. The highest BCUT2D eigenvalue weighted by molar-refractivity contribution is 5.27. The van der Waals surface area contributed by atoms with Gasteiger partial charge in [-0.2, -0.15) is 0 Å². The molecule has 4 nitrogen and oxygen atoms in total. The second kappa shape index (κ2) is 9.60. The van der Waals surface area contributed by atoms with Crippen molar-refractivity contribution in [2.75, 3.05) is 45.9 Å². The van der Waals surface area contributed by atoms with Crippen molar-refractivity contribution in [2.45, 2.75) is 52.2 Å². The molecule has 1 unspecified atom stereocenters. The van der Waals surface area contributed by atoms with Gasteiger partial charge in [-0.1, -0.05) is 18.6 Å². The van der Waals surface area contributed by atoms with Crippen molar-refractivity contribution in [1.82, 2.24) is 9.80 Å². The zero-order chi connectivity index (χ0) is 19.3. The van der Waals surface area contributed by atoms with Gasteiger partial charge in [-0.05, 0) is 81.6 Å². The Labute approximate surface area is 171 Å². The van der Waals surface area contributed by atoms with E-state index in [1.165, 1.54) is 64.0 Å². The number of ether oxygens (including phenoxy) is 2. The number of hydrogen-bond acceptors (Lipinski definition) is 4. The summed E-state index contributed by atoms with van der Waals surface area (Å²) in [6.45, 7) is 13.5. The number of fused-ring (bicyclic) bond motifs is 1. The first kappa shape index (κ1) is 20.2. The molecule has 3 aliphatic rings. The number of likely N-dealkylation sites (tertiary alicyclic amines) is 2. The predicted molar refractivity (Wildman–Crippen MR) is 114 cm³/mol. The number of piperidine rings is 2. The van der Waals surface area contributed by atoms with Gasteiger partial charge in [0.1, 0.15) is 5.75 Å². The van der Waals surface area contributed by atoms with Crippen LogP contribution in [0.2, 0.25) is 0 Å². The first-order chi connectivity index (χ1) is 13.7. The molecule has 0 radical (unpaired) electrons. The first-order valence-electron chi connectivity index (χ1n) is 11.5. The predicted octanol–water partition coefficient (Wildman–Crippen LogP) is 4.04. The maximum Gasteiger partial charge on any atom is 0.119 e. The van der Waals surface area contributed by atoms with Crippen molar-refractivity contribution in [1.29, 1.82) is 0 Å². The molecule has 1 saturated carbocycles. The molecule has 0 bridgehead atoms. The normalized spacial score (nSPS) is 27.9. The van der Waals surface area contributed by atoms with Crippen molar-refractivity contribution >= 4 is 0 Å². The smallest absolute Gasteiger partial charge is 0.119 e. The second-order valence-corrected chi connectivity index (χ2v) is 9.33. The van der Waals surface area contributed by atoms with E-state index >= 15 is 0 Å². The van der Waals surface area contributed by atoms with Crippen molar-refractivity contribution in [2.24, 2.45) is 17.8 Å². The fourth-order valence-electron chi connectivity index (χ4n) is 5.11. The zero-order valence-electron chi connectivity index (χ0n) is 17.8. The molecule has 0 spiro atoms. The molecule has 28 heavy (non-hydrogen) atoms. The van der Waals surface area contributed by atoms with E-state index in [1.54, 1.807) is 0 Å². The van der Waals surface area contributed by atoms with E-state index in [9.17, 15) is 0 Å². The van der Waals surface area contributed by atoms with Gasteiger partial charge >= 0.3 is 0 Å². The van der Waals surface area contributed by atoms with E-state index in [2.05, 4.69) is 47.9 Å². The summed E-state index contributed by atoms with van der Waals surface area (Å²) >= 11 is 0. The molecule has 3 fully saturated rings. The minimum atomic E-state index is 0.237. The molecule has 156 valence electrons. The van der Waals surface area contributed by atoms with Crippen LogP contribution in [0, 0.1) is 17.8 Å². The van der Waals surface area contributed by atoms with Gasteiger partial charge in [0.2, 0.25) is 0 Å².